The lowest BCUT2D eigenvalue weighted by molar-refractivity contribution is 0.109. The predicted octanol–water partition coefficient (Wildman–Crippen LogP) is 2.25. The highest BCUT2D eigenvalue weighted by atomic mass is 32.2. The molecule has 0 amide bonds. The molecule has 2 atom stereocenters. The number of hydrogen-bond acceptors (Lipinski definition) is 3. The van der Waals surface area contributed by atoms with Gasteiger partial charge in [0.25, 0.3) is 0 Å². The lowest BCUT2D eigenvalue weighted by Gasteiger charge is -2.10. The molecule has 1 aliphatic rings. The summed E-state index contributed by atoms with van der Waals surface area (Å²) in [7, 11) is -0.961. The van der Waals surface area contributed by atoms with Crippen LogP contribution in [0.15, 0.2) is 23.1 Å². The fourth-order valence-corrected chi connectivity index (χ4v) is 3.47. The van der Waals surface area contributed by atoms with E-state index in [9.17, 15) is 4.21 Å². The van der Waals surface area contributed by atoms with Crippen molar-refractivity contribution in [3.05, 3.63) is 23.8 Å². The molecule has 2 N–H and O–H groups in total. The van der Waals surface area contributed by atoms with Crippen molar-refractivity contribution in [1.82, 2.24) is 0 Å². The highest BCUT2D eigenvalue weighted by Crippen LogP contribution is 2.20. The first-order valence-electron chi connectivity index (χ1n) is 6.03. The molecule has 1 aromatic rings. The second-order valence-corrected chi connectivity index (χ2v) is 6.04. The van der Waals surface area contributed by atoms with E-state index in [1.165, 1.54) is 0 Å². The molecule has 1 aromatic carbocycles. The van der Waals surface area contributed by atoms with E-state index in [0.717, 1.165) is 36.3 Å². The van der Waals surface area contributed by atoms with Crippen molar-refractivity contribution in [3.8, 4) is 0 Å². The van der Waals surface area contributed by atoms with Crippen molar-refractivity contribution in [2.75, 3.05) is 18.1 Å². The van der Waals surface area contributed by atoms with Crippen LogP contribution in [-0.2, 0) is 15.5 Å². The van der Waals surface area contributed by atoms with E-state index >= 15 is 0 Å². The van der Waals surface area contributed by atoms with Crippen molar-refractivity contribution >= 4 is 16.5 Å². The van der Waals surface area contributed by atoms with Gasteiger partial charge < -0.3 is 10.5 Å². The topological polar surface area (TPSA) is 52.3 Å². The van der Waals surface area contributed by atoms with Crippen LogP contribution >= 0.6 is 0 Å². The molecule has 4 heteroatoms. The Kier molecular flexibility index (Phi) is 4.18. The Morgan fingerprint density at radius 1 is 1.53 bits per heavy atom. The summed E-state index contributed by atoms with van der Waals surface area (Å²) in [5.74, 6) is 0.662. The molecule has 1 heterocycles. The third kappa shape index (κ3) is 3.30. The maximum Gasteiger partial charge on any atom is 0.0584 e. The number of hydrogen-bond donors (Lipinski definition) is 1. The molecule has 0 spiro atoms. The molecular formula is C13H19NO2S. The average Bonchev–Trinajstić information content (AvgIpc) is 2.82. The van der Waals surface area contributed by atoms with Gasteiger partial charge in [-0.3, -0.25) is 4.21 Å². The van der Waals surface area contributed by atoms with Crippen molar-refractivity contribution in [3.63, 3.8) is 0 Å². The number of rotatable bonds is 4. The fourth-order valence-electron chi connectivity index (χ4n) is 2.08. The standard InChI is InChI=1S/C13H19NO2S/c1-10-4-5-11(14)9-13(10)17(15)8-6-12-3-2-7-16-12/h4-5,9,12H,2-3,6-8,14H2,1H3. The third-order valence-corrected chi connectivity index (χ3v) is 4.64. The van der Waals surface area contributed by atoms with E-state index in [4.69, 9.17) is 10.5 Å². The molecular weight excluding hydrogens is 234 g/mol. The Balaban J connectivity index is 1.96. The van der Waals surface area contributed by atoms with Crippen LogP contribution in [0.25, 0.3) is 0 Å². The Labute approximate surface area is 105 Å². The number of nitrogens with two attached hydrogens (primary N) is 1. The molecule has 2 unspecified atom stereocenters. The molecule has 17 heavy (non-hydrogen) atoms. The molecule has 1 aliphatic heterocycles. The van der Waals surface area contributed by atoms with Crippen molar-refractivity contribution in [2.24, 2.45) is 0 Å². The second-order valence-electron chi connectivity index (χ2n) is 4.50. The first-order valence-corrected chi connectivity index (χ1v) is 7.35. The van der Waals surface area contributed by atoms with Gasteiger partial charge in [-0.05, 0) is 43.9 Å². The van der Waals surface area contributed by atoms with Gasteiger partial charge in [0.05, 0.1) is 16.9 Å². The smallest absolute Gasteiger partial charge is 0.0584 e. The first-order chi connectivity index (χ1) is 8.16. The van der Waals surface area contributed by atoms with E-state index in [0.29, 0.717) is 17.5 Å². The van der Waals surface area contributed by atoms with E-state index in [1.54, 1.807) is 0 Å². The minimum absolute atomic E-state index is 0.306. The monoisotopic (exact) mass is 253 g/mol. The molecule has 0 radical (unpaired) electrons. The number of anilines is 1. The summed E-state index contributed by atoms with van der Waals surface area (Å²) in [4.78, 5) is 0.864. The number of ether oxygens (including phenoxy) is 1. The Bertz CT molecular complexity index is 414. The lowest BCUT2D eigenvalue weighted by atomic mass is 10.2. The normalized spacial score (nSPS) is 21.6. The van der Waals surface area contributed by atoms with E-state index < -0.39 is 10.8 Å². The van der Waals surface area contributed by atoms with Gasteiger partial charge in [-0.2, -0.15) is 0 Å². The number of benzene rings is 1. The minimum Gasteiger partial charge on any atom is -0.399 e. The Hall–Kier alpha value is -0.870. The molecule has 1 saturated heterocycles. The summed E-state index contributed by atoms with van der Waals surface area (Å²) in [5.41, 5.74) is 7.45. The summed E-state index contributed by atoms with van der Waals surface area (Å²) < 4.78 is 17.7. The average molecular weight is 253 g/mol. The second kappa shape index (κ2) is 5.65. The molecule has 0 aliphatic carbocycles. The molecule has 94 valence electrons. The Morgan fingerprint density at radius 3 is 3.06 bits per heavy atom. The van der Waals surface area contributed by atoms with E-state index in [2.05, 4.69) is 0 Å². The van der Waals surface area contributed by atoms with Gasteiger partial charge in [-0.25, -0.2) is 0 Å². The molecule has 0 bridgehead atoms. The summed E-state index contributed by atoms with van der Waals surface area (Å²) >= 11 is 0. The molecule has 3 nitrogen and oxygen atoms in total. The first kappa shape index (κ1) is 12.6. The fraction of sp³-hybridized carbons (Fsp3) is 0.538. The van der Waals surface area contributed by atoms with Crippen LogP contribution in [0.1, 0.15) is 24.8 Å². The maximum atomic E-state index is 12.2. The van der Waals surface area contributed by atoms with Crippen molar-refractivity contribution < 1.29 is 8.95 Å². The van der Waals surface area contributed by atoms with Crippen molar-refractivity contribution in [1.29, 1.82) is 0 Å². The van der Waals surface area contributed by atoms with Crippen LogP contribution in [0.3, 0.4) is 0 Å². The molecule has 1 fully saturated rings. The van der Waals surface area contributed by atoms with Crippen LogP contribution in [0.2, 0.25) is 0 Å². The van der Waals surface area contributed by atoms with E-state index in [1.807, 2.05) is 25.1 Å². The number of nitrogen functional groups attached to an aromatic ring is 1. The van der Waals surface area contributed by atoms with Gasteiger partial charge in [-0.15, -0.1) is 0 Å². The molecule has 0 saturated carbocycles. The Morgan fingerprint density at radius 2 is 2.35 bits per heavy atom. The lowest BCUT2D eigenvalue weighted by Crippen LogP contribution is -2.11. The van der Waals surface area contributed by atoms with Gasteiger partial charge in [0, 0.05) is 22.9 Å². The SMILES string of the molecule is Cc1ccc(N)cc1S(=O)CCC1CCCO1. The van der Waals surface area contributed by atoms with Crippen LogP contribution in [0.4, 0.5) is 5.69 Å². The number of aryl methyl sites for hydroxylation is 1. The van der Waals surface area contributed by atoms with Crippen LogP contribution < -0.4 is 5.73 Å². The highest BCUT2D eigenvalue weighted by Gasteiger charge is 2.17. The van der Waals surface area contributed by atoms with E-state index in [-0.39, 0.29) is 0 Å². The van der Waals surface area contributed by atoms with Gasteiger partial charge in [-0.1, -0.05) is 6.07 Å². The molecule has 2 rings (SSSR count). The zero-order chi connectivity index (χ0) is 12.3. The van der Waals surface area contributed by atoms with Gasteiger partial charge in [0.2, 0.25) is 0 Å². The van der Waals surface area contributed by atoms with Crippen molar-refractivity contribution in [2.45, 2.75) is 37.2 Å². The largest absolute Gasteiger partial charge is 0.399 e. The van der Waals surface area contributed by atoms with Gasteiger partial charge in [0.1, 0.15) is 0 Å². The van der Waals surface area contributed by atoms with Crippen LogP contribution in [0, 0.1) is 6.92 Å². The predicted molar refractivity (Wildman–Crippen MR) is 70.5 cm³/mol. The molecule has 0 aromatic heterocycles. The summed E-state index contributed by atoms with van der Waals surface area (Å²) in [5, 5.41) is 0. The maximum absolute atomic E-state index is 12.2. The van der Waals surface area contributed by atoms with Gasteiger partial charge >= 0.3 is 0 Å². The van der Waals surface area contributed by atoms with Gasteiger partial charge in [0.15, 0.2) is 0 Å². The summed E-state index contributed by atoms with van der Waals surface area (Å²) in [6, 6.07) is 5.59. The third-order valence-electron chi connectivity index (χ3n) is 3.11. The summed E-state index contributed by atoms with van der Waals surface area (Å²) in [6.45, 7) is 2.83. The zero-order valence-electron chi connectivity index (χ0n) is 10.1. The van der Waals surface area contributed by atoms with Crippen LogP contribution in [-0.4, -0.2) is 22.7 Å². The van der Waals surface area contributed by atoms with Crippen LogP contribution in [0.5, 0.6) is 0 Å². The minimum atomic E-state index is -0.961. The summed E-state index contributed by atoms with van der Waals surface area (Å²) in [6.07, 6.45) is 3.42. The quantitative estimate of drug-likeness (QED) is 0.837. The zero-order valence-corrected chi connectivity index (χ0v) is 11.0. The highest BCUT2D eigenvalue weighted by molar-refractivity contribution is 7.85.